The Morgan fingerprint density at radius 2 is 2.65 bits per heavy atom. The van der Waals surface area contributed by atoms with Gasteiger partial charge in [-0.2, -0.15) is 0 Å². The molecule has 2 rings (SSSR count). The number of likely N-dealkylation sites (tertiary alicyclic amines) is 1. The van der Waals surface area contributed by atoms with Gasteiger partial charge in [0.15, 0.2) is 3.95 Å². The van der Waals surface area contributed by atoms with E-state index in [0.717, 1.165) is 29.0 Å². The zero-order valence-electron chi connectivity index (χ0n) is 9.35. The Hall–Kier alpha value is -1.14. The fraction of sp³-hybridized carbons (Fsp3) is 0.455. The summed E-state index contributed by atoms with van der Waals surface area (Å²) < 4.78 is 5.81. The lowest BCUT2D eigenvalue weighted by Gasteiger charge is -2.22. The van der Waals surface area contributed by atoms with Gasteiger partial charge in [-0.15, -0.1) is 11.3 Å². The summed E-state index contributed by atoms with van der Waals surface area (Å²) in [7, 11) is 0. The molecule has 1 amide bonds. The molecule has 1 atom stereocenters. The third-order valence-electron chi connectivity index (χ3n) is 2.71. The monoisotopic (exact) mass is 270 g/mol. The Morgan fingerprint density at radius 3 is 3.29 bits per heavy atom. The maximum Gasteiger partial charge on any atom is 0.410 e. The lowest BCUT2D eigenvalue weighted by atomic mass is 10.2. The summed E-state index contributed by atoms with van der Waals surface area (Å²) >= 11 is 6.54. The highest BCUT2D eigenvalue weighted by atomic mass is 32.1. The molecular weight excluding hydrogens is 256 g/mol. The number of aromatic amines is 1. The first-order chi connectivity index (χ1) is 8.22. The van der Waals surface area contributed by atoms with Gasteiger partial charge in [-0.25, -0.2) is 4.79 Å². The largest absolute Gasteiger partial charge is 0.445 e. The minimum atomic E-state index is -0.280. The van der Waals surface area contributed by atoms with E-state index < -0.39 is 0 Å². The zero-order chi connectivity index (χ0) is 12.3. The summed E-state index contributed by atoms with van der Waals surface area (Å²) in [6.45, 7) is 4.51. The van der Waals surface area contributed by atoms with E-state index in [2.05, 4.69) is 11.6 Å². The van der Waals surface area contributed by atoms with Gasteiger partial charge in [0.05, 0.1) is 6.04 Å². The summed E-state index contributed by atoms with van der Waals surface area (Å²) in [6.07, 6.45) is 3.23. The van der Waals surface area contributed by atoms with Crippen LogP contribution in [0.15, 0.2) is 18.0 Å². The summed E-state index contributed by atoms with van der Waals surface area (Å²) in [4.78, 5) is 16.7. The predicted molar refractivity (Wildman–Crippen MR) is 69.7 cm³/mol. The van der Waals surface area contributed by atoms with Crippen LogP contribution in [0.4, 0.5) is 4.79 Å². The van der Waals surface area contributed by atoms with Crippen LogP contribution in [0.2, 0.25) is 0 Å². The quantitative estimate of drug-likeness (QED) is 0.677. The molecule has 0 bridgehead atoms. The summed E-state index contributed by atoms with van der Waals surface area (Å²) in [5.74, 6) is 0. The standard InChI is InChI=1S/C11H14N2O2S2/c1-2-6-15-11(14)13-5-3-4-9(13)8-7-17-10(16)12-8/h2,7,9H,1,3-6H2,(H,12,16)/t9-/m0/s1. The molecule has 1 aromatic heterocycles. The van der Waals surface area contributed by atoms with E-state index in [1.165, 1.54) is 11.3 Å². The fourth-order valence-electron chi connectivity index (χ4n) is 1.98. The average Bonchev–Trinajstić information content (AvgIpc) is 2.93. The summed E-state index contributed by atoms with van der Waals surface area (Å²) in [5.41, 5.74) is 1.01. The Balaban J connectivity index is 2.09. The molecule has 2 heterocycles. The number of hydrogen-bond acceptors (Lipinski definition) is 4. The Kier molecular flexibility index (Phi) is 3.96. The van der Waals surface area contributed by atoms with E-state index in [0.29, 0.717) is 0 Å². The van der Waals surface area contributed by atoms with Crippen LogP contribution < -0.4 is 0 Å². The van der Waals surface area contributed by atoms with Crippen molar-refractivity contribution >= 4 is 29.6 Å². The first-order valence-corrected chi connectivity index (χ1v) is 6.73. The Bertz CT molecular complexity index is 466. The van der Waals surface area contributed by atoms with E-state index in [9.17, 15) is 4.79 Å². The maximum atomic E-state index is 11.8. The second kappa shape index (κ2) is 5.46. The minimum Gasteiger partial charge on any atom is -0.445 e. The topological polar surface area (TPSA) is 45.3 Å². The molecule has 0 aromatic carbocycles. The average molecular weight is 270 g/mol. The van der Waals surface area contributed by atoms with Gasteiger partial charge in [0.1, 0.15) is 6.61 Å². The number of hydrogen-bond donors (Lipinski definition) is 1. The van der Waals surface area contributed by atoms with Crippen molar-refractivity contribution in [2.45, 2.75) is 18.9 Å². The van der Waals surface area contributed by atoms with Gasteiger partial charge in [-0.3, -0.25) is 4.90 Å². The first-order valence-electron chi connectivity index (χ1n) is 5.44. The van der Waals surface area contributed by atoms with Crippen molar-refractivity contribution in [2.75, 3.05) is 13.2 Å². The van der Waals surface area contributed by atoms with Crippen LogP contribution in [0.3, 0.4) is 0 Å². The fourth-order valence-corrected chi connectivity index (χ4v) is 2.87. The van der Waals surface area contributed by atoms with Gasteiger partial charge in [0.25, 0.3) is 0 Å². The third kappa shape index (κ3) is 2.76. The molecule has 17 heavy (non-hydrogen) atoms. The number of carbonyl (C=O) groups is 1. The normalized spacial score (nSPS) is 19.3. The van der Waals surface area contributed by atoms with Gasteiger partial charge in [0, 0.05) is 17.6 Å². The molecule has 1 saturated heterocycles. The molecule has 0 spiro atoms. The number of amides is 1. The molecule has 1 aliphatic heterocycles. The van der Waals surface area contributed by atoms with Crippen LogP contribution in [0, 0.1) is 3.95 Å². The van der Waals surface area contributed by atoms with E-state index in [4.69, 9.17) is 17.0 Å². The van der Waals surface area contributed by atoms with E-state index in [1.54, 1.807) is 11.0 Å². The molecule has 4 nitrogen and oxygen atoms in total. The van der Waals surface area contributed by atoms with E-state index >= 15 is 0 Å². The molecule has 0 radical (unpaired) electrons. The van der Waals surface area contributed by atoms with E-state index in [-0.39, 0.29) is 18.7 Å². The molecule has 1 N–H and O–H groups in total. The molecule has 1 aromatic rings. The minimum absolute atomic E-state index is 0.0697. The second-order valence-electron chi connectivity index (χ2n) is 3.82. The zero-order valence-corrected chi connectivity index (χ0v) is 11.0. The smallest absolute Gasteiger partial charge is 0.410 e. The molecule has 0 saturated carbocycles. The number of ether oxygens (including phenoxy) is 1. The lowest BCUT2D eigenvalue weighted by molar-refractivity contribution is 0.107. The Morgan fingerprint density at radius 1 is 1.82 bits per heavy atom. The first kappa shape index (κ1) is 12.3. The van der Waals surface area contributed by atoms with Crippen molar-refractivity contribution in [3.8, 4) is 0 Å². The number of nitrogens with zero attached hydrogens (tertiary/aromatic N) is 1. The number of H-pyrrole nitrogens is 1. The van der Waals surface area contributed by atoms with Crippen molar-refractivity contribution in [1.29, 1.82) is 0 Å². The molecule has 1 fully saturated rings. The van der Waals surface area contributed by atoms with Crippen molar-refractivity contribution in [2.24, 2.45) is 0 Å². The van der Waals surface area contributed by atoms with Gasteiger partial charge in [0.2, 0.25) is 0 Å². The maximum absolute atomic E-state index is 11.8. The molecule has 92 valence electrons. The number of thiazole rings is 1. The van der Waals surface area contributed by atoms with Gasteiger partial charge < -0.3 is 9.72 Å². The summed E-state index contributed by atoms with van der Waals surface area (Å²) in [5, 5.41) is 1.98. The molecule has 6 heteroatoms. The van der Waals surface area contributed by atoms with Crippen LogP contribution >= 0.6 is 23.6 Å². The Labute approximate surface area is 109 Å². The predicted octanol–water partition coefficient (Wildman–Crippen LogP) is 3.27. The van der Waals surface area contributed by atoms with E-state index in [1.807, 2.05) is 5.38 Å². The van der Waals surface area contributed by atoms with Crippen LogP contribution in [-0.2, 0) is 4.74 Å². The highest BCUT2D eigenvalue weighted by Crippen LogP contribution is 2.32. The summed E-state index contributed by atoms with van der Waals surface area (Å²) in [6, 6.07) is 0.0697. The molecular formula is C11H14N2O2S2. The highest BCUT2D eigenvalue weighted by molar-refractivity contribution is 7.73. The van der Waals surface area contributed by atoms with Crippen LogP contribution in [0.25, 0.3) is 0 Å². The van der Waals surface area contributed by atoms with Crippen molar-refractivity contribution in [3.63, 3.8) is 0 Å². The van der Waals surface area contributed by atoms with Crippen LogP contribution in [-0.4, -0.2) is 29.1 Å². The van der Waals surface area contributed by atoms with Crippen molar-refractivity contribution in [1.82, 2.24) is 9.88 Å². The number of nitrogens with one attached hydrogen (secondary N) is 1. The lowest BCUT2D eigenvalue weighted by Crippen LogP contribution is -2.31. The van der Waals surface area contributed by atoms with Gasteiger partial charge in [-0.1, -0.05) is 12.7 Å². The van der Waals surface area contributed by atoms with Crippen molar-refractivity contribution in [3.05, 3.63) is 27.7 Å². The van der Waals surface area contributed by atoms with Crippen molar-refractivity contribution < 1.29 is 9.53 Å². The highest BCUT2D eigenvalue weighted by Gasteiger charge is 2.31. The molecule has 0 unspecified atom stereocenters. The van der Waals surface area contributed by atoms with Crippen LogP contribution in [0.1, 0.15) is 24.6 Å². The molecule has 0 aliphatic carbocycles. The van der Waals surface area contributed by atoms with Gasteiger partial charge >= 0.3 is 6.09 Å². The SMILES string of the molecule is C=CCOC(=O)N1CCC[C@H]1c1csc(=S)[nH]1. The van der Waals surface area contributed by atoms with Crippen LogP contribution in [0.5, 0.6) is 0 Å². The third-order valence-corrected chi connectivity index (χ3v) is 3.79. The second-order valence-corrected chi connectivity index (χ2v) is 5.37. The number of rotatable bonds is 3. The number of carbonyl (C=O) groups excluding carboxylic acids is 1. The van der Waals surface area contributed by atoms with Gasteiger partial charge in [-0.05, 0) is 25.1 Å². The molecule has 1 aliphatic rings. The number of aromatic nitrogens is 1.